The van der Waals surface area contributed by atoms with Crippen LogP contribution in [-0.2, 0) is 28.5 Å². The first-order valence-electron chi connectivity index (χ1n) is 7.53. The molecule has 0 atom stereocenters. The molecule has 6 nitrogen and oxygen atoms in total. The van der Waals surface area contributed by atoms with Crippen LogP contribution in [0.2, 0.25) is 0 Å². The summed E-state index contributed by atoms with van der Waals surface area (Å²) >= 11 is 0. The molecule has 0 unspecified atom stereocenters. The summed E-state index contributed by atoms with van der Waals surface area (Å²) in [5.74, 6) is -0.804. The molecule has 130 valence electrons. The van der Waals surface area contributed by atoms with Crippen LogP contribution in [0.25, 0.3) is 0 Å². The van der Waals surface area contributed by atoms with Gasteiger partial charge >= 0.3 is 11.9 Å². The second kappa shape index (κ2) is 9.79. The van der Waals surface area contributed by atoms with Crippen molar-refractivity contribution in [2.24, 2.45) is 0 Å². The first-order valence-corrected chi connectivity index (χ1v) is 7.53. The molecule has 0 aromatic heterocycles. The van der Waals surface area contributed by atoms with Gasteiger partial charge in [-0.05, 0) is 27.7 Å². The Morgan fingerprint density at radius 2 is 1.05 bits per heavy atom. The maximum Gasteiger partial charge on any atom is 0.306 e. The van der Waals surface area contributed by atoms with E-state index in [2.05, 4.69) is 0 Å². The number of esters is 2. The van der Waals surface area contributed by atoms with Crippen LogP contribution in [-0.4, -0.2) is 50.6 Å². The summed E-state index contributed by atoms with van der Waals surface area (Å²) in [6, 6.07) is 0. The minimum atomic E-state index is -0.402. The molecule has 0 amide bonds. The van der Waals surface area contributed by atoms with E-state index in [1.165, 1.54) is 0 Å². The zero-order valence-corrected chi connectivity index (χ0v) is 14.7. The van der Waals surface area contributed by atoms with Gasteiger partial charge < -0.3 is 18.9 Å². The molecule has 0 aliphatic rings. The molecule has 0 aromatic rings. The van der Waals surface area contributed by atoms with Crippen LogP contribution < -0.4 is 0 Å². The zero-order valence-electron chi connectivity index (χ0n) is 14.7. The van der Waals surface area contributed by atoms with E-state index in [9.17, 15) is 9.59 Å². The standard InChI is InChI=1S/C16H30O6/c1-15(2,19-5)9-11-21-13(17)7-8-14(18)22-12-10-16(3,4)20-6/h7-12H2,1-6H3. The monoisotopic (exact) mass is 318 g/mol. The Balaban J connectivity index is 3.76. The minimum absolute atomic E-state index is 0.0277. The summed E-state index contributed by atoms with van der Waals surface area (Å²) in [5, 5.41) is 0. The zero-order chi connectivity index (χ0) is 17.2. The van der Waals surface area contributed by atoms with Gasteiger partial charge in [0, 0.05) is 27.1 Å². The molecule has 0 spiro atoms. The van der Waals surface area contributed by atoms with E-state index in [1.54, 1.807) is 14.2 Å². The van der Waals surface area contributed by atoms with Crippen molar-refractivity contribution in [1.29, 1.82) is 0 Å². The molecule has 0 saturated heterocycles. The Kier molecular flexibility index (Phi) is 9.28. The van der Waals surface area contributed by atoms with E-state index < -0.39 is 11.9 Å². The van der Waals surface area contributed by atoms with Crippen LogP contribution in [0.4, 0.5) is 0 Å². The summed E-state index contributed by atoms with van der Waals surface area (Å²) < 4.78 is 20.6. The molecule has 0 saturated carbocycles. The van der Waals surface area contributed by atoms with E-state index in [0.29, 0.717) is 12.8 Å². The molecular weight excluding hydrogens is 288 g/mol. The number of carbonyl (C=O) groups is 2. The first kappa shape index (κ1) is 20.9. The van der Waals surface area contributed by atoms with Gasteiger partial charge in [0.2, 0.25) is 0 Å². The van der Waals surface area contributed by atoms with Gasteiger partial charge in [0.1, 0.15) is 0 Å². The Labute approximate surface area is 133 Å². The molecule has 0 bridgehead atoms. The molecular formula is C16H30O6. The molecule has 0 aliphatic carbocycles. The largest absolute Gasteiger partial charge is 0.466 e. The van der Waals surface area contributed by atoms with Crippen molar-refractivity contribution in [3.8, 4) is 0 Å². The van der Waals surface area contributed by atoms with Gasteiger partial charge in [-0.1, -0.05) is 0 Å². The summed E-state index contributed by atoms with van der Waals surface area (Å²) in [5.41, 5.74) is -0.652. The van der Waals surface area contributed by atoms with E-state index >= 15 is 0 Å². The highest BCUT2D eigenvalue weighted by Crippen LogP contribution is 2.14. The lowest BCUT2D eigenvalue weighted by molar-refractivity contribution is -0.152. The second-order valence-corrected chi connectivity index (χ2v) is 6.37. The van der Waals surface area contributed by atoms with Gasteiger partial charge in [0.15, 0.2) is 0 Å². The Hall–Kier alpha value is -1.14. The molecule has 0 heterocycles. The number of methoxy groups -OCH3 is 2. The second-order valence-electron chi connectivity index (χ2n) is 6.37. The topological polar surface area (TPSA) is 71.1 Å². The highest BCUT2D eigenvalue weighted by molar-refractivity contribution is 5.77. The SMILES string of the molecule is COC(C)(C)CCOC(=O)CCC(=O)OCCC(C)(C)OC. The van der Waals surface area contributed by atoms with E-state index in [-0.39, 0.29) is 37.3 Å². The van der Waals surface area contributed by atoms with E-state index in [1.807, 2.05) is 27.7 Å². The molecule has 0 radical (unpaired) electrons. The maximum absolute atomic E-state index is 11.5. The highest BCUT2D eigenvalue weighted by Gasteiger charge is 2.18. The van der Waals surface area contributed by atoms with Gasteiger partial charge in [-0.15, -0.1) is 0 Å². The quantitative estimate of drug-likeness (QED) is 0.545. The maximum atomic E-state index is 11.5. The smallest absolute Gasteiger partial charge is 0.306 e. The third kappa shape index (κ3) is 10.6. The fraction of sp³-hybridized carbons (Fsp3) is 0.875. The summed E-state index contributed by atoms with van der Waals surface area (Å²) in [7, 11) is 3.23. The molecule has 22 heavy (non-hydrogen) atoms. The van der Waals surface area contributed by atoms with Crippen LogP contribution in [0, 0.1) is 0 Å². The van der Waals surface area contributed by atoms with Crippen molar-refractivity contribution >= 4 is 11.9 Å². The summed E-state index contributed by atoms with van der Waals surface area (Å²) in [4.78, 5) is 23.0. The van der Waals surface area contributed by atoms with Gasteiger partial charge in [0.05, 0.1) is 37.3 Å². The fourth-order valence-corrected chi connectivity index (χ4v) is 1.37. The van der Waals surface area contributed by atoms with Crippen molar-refractivity contribution in [2.45, 2.75) is 64.6 Å². The van der Waals surface area contributed by atoms with Crippen molar-refractivity contribution in [3.05, 3.63) is 0 Å². The molecule has 6 heteroatoms. The van der Waals surface area contributed by atoms with Crippen LogP contribution >= 0.6 is 0 Å². The molecule has 0 aliphatic heterocycles. The normalized spacial score (nSPS) is 12.1. The lowest BCUT2D eigenvalue weighted by atomic mass is 10.1. The van der Waals surface area contributed by atoms with Crippen molar-refractivity contribution < 1.29 is 28.5 Å². The number of hydrogen-bond donors (Lipinski definition) is 0. The molecule has 0 N–H and O–H groups in total. The number of hydrogen-bond acceptors (Lipinski definition) is 6. The number of carbonyl (C=O) groups excluding carboxylic acids is 2. The average molecular weight is 318 g/mol. The summed E-state index contributed by atoms with van der Waals surface area (Å²) in [6.45, 7) is 8.21. The average Bonchev–Trinajstić information content (AvgIpc) is 2.45. The summed E-state index contributed by atoms with van der Waals surface area (Å²) in [6.07, 6.45) is 1.26. The van der Waals surface area contributed by atoms with Gasteiger partial charge in [0.25, 0.3) is 0 Å². The minimum Gasteiger partial charge on any atom is -0.466 e. The number of rotatable bonds is 11. The molecule has 0 aromatic carbocycles. The van der Waals surface area contributed by atoms with Crippen LogP contribution in [0.5, 0.6) is 0 Å². The highest BCUT2D eigenvalue weighted by atomic mass is 16.5. The predicted octanol–water partition coefficient (Wildman–Crippen LogP) is 2.48. The van der Waals surface area contributed by atoms with E-state index in [0.717, 1.165) is 0 Å². The van der Waals surface area contributed by atoms with Crippen LogP contribution in [0.15, 0.2) is 0 Å². The van der Waals surface area contributed by atoms with Crippen molar-refractivity contribution in [2.75, 3.05) is 27.4 Å². The molecule has 0 fully saturated rings. The fourth-order valence-electron chi connectivity index (χ4n) is 1.37. The first-order chi connectivity index (χ1) is 10.1. The lowest BCUT2D eigenvalue weighted by Crippen LogP contribution is -2.26. The number of ether oxygens (including phenoxy) is 4. The Bertz CT molecular complexity index is 315. The van der Waals surface area contributed by atoms with Crippen molar-refractivity contribution in [3.63, 3.8) is 0 Å². The van der Waals surface area contributed by atoms with Crippen LogP contribution in [0.1, 0.15) is 53.4 Å². The Morgan fingerprint density at radius 3 is 1.32 bits per heavy atom. The van der Waals surface area contributed by atoms with Crippen molar-refractivity contribution in [1.82, 2.24) is 0 Å². The third-order valence-electron chi connectivity index (χ3n) is 3.57. The lowest BCUT2D eigenvalue weighted by Gasteiger charge is -2.22. The molecule has 0 rings (SSSR count). The van der Waals surface area contributed by atoms with E-state index in [4.69, 9.17) is 18.9 Å². The van der Waals surface area contributed by atoms with Gasteiger partial charge in [-0.25, -0.2) is 0 Å². The Morgan fingerprint density at radius 1 is 0.727 bits per heavy atom. The van der Waals surface area contributed by atoms with Crippen LogP contribution in [0.3, 0.4) is 0 Å². The predicted molar refractivity (Wildman–Crippen MR) is 82.6 cm³/mol. The van der Waals surface area contributed by atoms with Gasteiger partial charge in [-0.3, -0.25) is 9.59 Å². The van der Waals surface area contributed by atoms with Gasteiger partial charge in [-0.2, -0.15) is 0 Å². The third-order valence-corrected chi connectivity index (χ3v) is 3.57.